The van der Waals surface area contributed by atoms with Crippen LogP contribution in [0.25, 0.3) is 0 Å². The third kappa shape index (κ3) is 3.94. The van der Waals surface area contributed by atoms with E-state index in [4.69, 9.17) is 0 Å². The number of hydrogen-bond donors (Lipinski definition) is 1. The van der Waals surface area contributed by atoms with E-state index < -0.39 is 0 Å². The summed E-state index contributed by atoms with van der Waals surface area (Å²) in [4.78, 5) is 11.1. The molecular weight excluding hydrogens is 138 g/mol. The Hall–Kier alpha value is -0.630. The zero-order valence-electron chi connectivity index (χ0n) is 6.81. The van der Waals surface area contributed by atoms with Crippen LogP contribution in [0.2, 0.25) is 0 Å². The average Bonchev–Trinajstić information content (AvgIpc) is 2.72. The Labute approximate surface area is 67.7 Å². The number of ketones is 1. The summed E-state index contributed by atoms with van der Waals surface area (Å²) in [5, 5.41) is 3.00. The van der Waals surface area contributed by atoms with E-state index in [0.717, 1.165) is 13.0 Å². The molecule has 0 saturated heterocycles. The molecule has 1 N–H and O–H groups in total. The van der Waals surface area contributed by atoms with Crippen molar-refractivity contribution in [2.45, 2.75) is 19.3 Å². The van der Waals surface area contributed by atoms with E-state index >= 15 is 0 Å². The van der Waals surface area contributed by atoms with Gasteiger partial charge in [-0.25, -0.2) is 0 Å². The second kappa shape index (κ2) is 4.29. The zero-order chi connectivity index (χ0) is 8.10. The van der Waals surface area contributed by atoms with Gasteiger partial charge in [0.15, 0.2) is 0 Å². The lowest BCUT2D eigenvalue weighted by atomic mass is 10.2. The Bertz CT molecular complexity index is 150. The fraction of sp³-hybridized carbons (Fsp3) is 0.667. The van der Waals surface area contributed by atoms with Crippen LogP contribution in [0.3, 0.4) is 0 Å². The predicted octanol–water partition coefficient (Wildman–Crippen LogP) is 1.13. The lowest BCUT2D eigenvalue weighted by molar-refractivity contribution is -0.118. The number of rotatable bonds is 6. The summed E-state index contributed by atoms with van der Waals surface area (Å²) in [6.45, 7) is 4.81. The topological polar surface area (TPSA) is 29.1 Å². The van der Waals surface area contributed by atoms with Crippen LogP contribution in [0.1, 0.15) is 19.3 Å². The Balaban J connectivity index is 1.95. The van der Waals surface area contributed by atoms with Gasteiger partial charge in [-0.3, -0.25) is 4.79 Å². The molecule has 0 atom stereocenters. The molecule has 11 heavy (non-hydrogen) atoms. The van der Waals surface area contributed by atoms with Crippen LogP contribution in [0.4, 0.5) is 0 Å². The van der Waals surface area contributed by atoms with Crippen molar-refractivity contribution in [1.29, 1.82) is 0 Å². The van der Waals surface area contributed by atoms with Gasteiger partial charge in [0.1, 0.15) is 5.78 Å². The van der Waals surface area contributed by atoms with E-state index in [1.165, 1.54) is 12.8 Å². The fourth-order valence-corrected chi connectivity index (χ4v) is 1.03. The third-order valence-electron chi connectivity index (χ3n) is 1.82. The lowest BCUT2D eigenvalue weighted by Crippen LogP contribution is -2.22. The van der Waals surface area contributed by atoms with Crippen LogP contribution in [-0.2, 0) is 4.79 Å². The van der Waals surface area contributed by atoms with Crippen molar-refractivity contribution in [1.82, 2.24) is 5.32 Å². The summed E-state index contributed by atoms with van der Waals surface area (Å²) >= 11 is 0. The molecule has 0 amide bonds. The fourth-order valence-electron chi connectivity index (χ4n) is 1.03. The molecular formula is C9H15NO. The molecule has 0 aromatic carbocycles. The van der Waals surface area contributed by atoms with Gasteiger partial charge in [0.05, 0.1) is 6.54 Å². The molecule has 0 aliphatic heterocycles. The van der Waals surface area contributed by atoms with Crippen LogP contribution in [0, 0.1) is 5.92 Å². The molecule has 0 unspecified atom stereocenters. The van der Waals surface area contributed by atoms with Gasteiger partial charge in [-0.1, -0.05) is 6.08 Å². The van der Waals surface area contributed by atoms with Gasteiger partial charge in [-0.05, 0) is 18.8 Å². The van der Waals surface area contributed by atoms with E-state index in [9.17, 15) is 4.79 Å². The molecule has 0 radical (unpaired) electrons. The lowest BCUT2D eigenvalue weighted by Gasteiger charge is -1.98. The highest BCUT2D eigenvalue weighted by molar-refractivity contribution is 5.80. The summed E-state index contributed by atoms with van der Waals surface area (Å²) in [5.74, 6) is 1.06. The first-order chi connectivity index (χ1) is 5.33. The number of carbonyl (C=O) groups excluding carboxylic acids is 1. The third-order valence-corrected chi connectivity index (χ3v) is 1.82. The van der Waals surface area contributed by atoms with Crippen molar-refractivity contribution in [3.8, 4) is 0 Å². The molecule has 2 nitrogen and oxygen atoms in total. The van der Waals surface area contributed by atoms with Crippen LogP contribution in [0.15, 0.2) is 12.7 Å². The normalized spacial score (nSPS) is 16.4. The minimum atomic E-state index is 0.342. The van der Waals surface area contributed by atoms with Gasteiger partial charge in [-0.2, -0.15) is 0 Å². The first-order valence-corrected chi connectivity index (χ1v) is 4.16. The maximum Gasteiger partial charge on any atom is 0.146 e. The van der Waals surface area contributed by atoms with Gasteiger partial charge in [-0.15, -0.1) is 6.58 Å². The van der Waals surface area contributed by atoms with Gasteiger partial charge in [0, 0.05) is 13.0 Å². The van der Waals surface area contributed by atoms with Crippen molar-refractivity contribution in [3.63, 3.8) is 0 Å². The SMILES string of the molecule is C=CCNCC(=O)CC1CC1. The van der Waals surface area contributed by atoms with Crippen molar-refractivity contribution in [2.24, 2.45) is 5.92 Å². The van der Waals surface area contributed by atoms with Crippen molar-refractivity contribution in [2.75, 3.05) is 13.1 Å². The molecule has 1 saturated carbocycles. The molecule has 62 valence electrons. The molecule has 0 aromatic rings. The van der Waals surface area contributed by atoms with E-state index in [1.807, 2.05) is 0 Å². The highest BCUT2D eigenvalue weighted by Gasteiger charge is 2.23. The largest absolute Gasteiger partial charge is 0.307 e. The number of carbonyl (C=O) groups is 1. The Morgan fingerprint density at radius 3 is 2.91 bits per heavy atom. The Morgan fingerprint density at radius 1 is 1.64 bits per heavy atom. The number of hydrogen-bond acceptors (Lipinski definition) is 2. The first kappa shape index (κ1) is 8.47. The van der Waals surface area contributed by atoms with Gasteiger partial charge in [0.25, 0.3) is 0 Å². The monoisotopic (exact) mass is 153 g/mol. The van der Waals surface area contributed by atoms with Crippen molar-refractivity contribution >= 4 is 5.78 Å². The van der Waals surface area contributed by atoms with Gasteiger partial charge < -0.3 is 5.32 Å². The van der Waals surface area contributed by atoms with Crippen LogP contribution in [0.5, 0.6) is 0 Å². The summed E-state index contributed by atoms with van der Waals surface area (Å²) in [7, 11) is 0. The van der Waals surface area contributed by atoms with E-state index in [2.05, 4.69) is 11.9 Å². The second-order valence-corrected chi connectivity index (χ2v) is 3.11. The molecule has 0 heterocycles. The standard InChI is InChI=1S/C9H15NO/c1-2-5-10-7-9(11)6-8-3-4-8/h2,8,10H,1,3-7H2. The average molecular weight is 153 g/mol. The summed E-state index contributed by atoms with van der Waals surface area (Å²) in [6, 6.07) is 0. The minimum Gasteiger partial charge on any atom is -0.307 e. The van der Waals surface area contributed by atoms with Crippen LogP contribution in [-0.4, -0.2) is 18.9 Å². The predicted molar refractivity (Wildman–Crippen MR) is 45.4 cm³/mol. The number of Topliss-reactive ketones (excluding diaryl/α,β-unsaturated/α-hetero) is 1. The molecule has 1 aliphatic carbocycles. The minimum absolute atomic E-state index is 0.342. The molecule has 0 bridgehead atoms. The van der Waals surface area contributed by atoms with Gasteiger partial charge in [0.2, 0.25) is 0 Å². The molecule has 0 spiro atoms. The van der Waals surface area contributed by atoms with Crippen LogP contribution < -0.4 is 5.32 Å². The molecule has 1 rings (SSSR count). The second-order valence-electron chi connectivity index (χ2n) is 3.11. The molecule has 2 heteroatoms. The van der Waals surface area contributed by atoms with E-state index in [1.54, 1.807) is 6.08 Å². The maximum atomic E-state index is 11.1. The highest BCUT2D eigenvalue weighted by Crippen LogP contribution is 2.32. The molecule has 1 fully saturated rings. The van der Waals surface area contributed by atoms with E-state index in [0.29, 0.717) is 18.2 Å². The van der Waals surface area contributed by atoms with Crippen molar-refractivity contribution in [3.05, 3.63) is 12.7 Å². The summed E-state index contributed by atoms with van der Waals surface area (Å²) in [6.07, 6.45) is 5.06. The van der Waals surface area contributed by atoms with Crippen molar-refractivity contribution < 1.29 is 4.79 Å². The highest BCUT2D eigenvalue weighted by atomic mass is 16.1. The van der Waals surface area contributed by atoms with E-state index in [-0.39, 0.29) is 0 Å². The van der Waals surface area contributed by atoms with Crippen LogP contribution >= 0.6 is 0 Å². The zero-order valence-corrected chi connectivity index (χ0v) is 6.81. The molecule has 1 aliphatic rings. The quantitative estimate of drug-likeness (QED) is 0.458. The summed E-state index contributed by atoms with van der Waals surface area (Å²) < 4.78 is 0. The Morgan fingerprint density at radius 2 is 2.36 bits per heavy atom. The van der Waals surface area contributed by atoms with Gasteiger partial charge >= 0.3 is 0 Å². The molecule has 0 aromatic heterocycles. The Kier molecular flexibility index (Phi) is 3.30. The first-order valence-electron chi connectivity index (χ1n) is 4.16. The maximum absolute atomic E-state index is 11.1. The number of nitrogens with one attached hydrogen (secondary N) is 1. The smallest absolute Gasteiger partial charge is 0.146 e. The summed E-state index contributed by atoms with van der Waals surface area (Å²) in [5.41, 5.74) is 0.